The van der Waals surface area contributed by atoms with Crippen LogP contribution in [-0.4, -0.2) is 74.7 Å². The van der Waals surface area contributed by atoms with Gasteiger partial charge in [-0.2, -0.15) is 0 Å². The summed E-state index contributed by atoms with van der Waals surface area (Å²) in [5, 5.41) is 3.03. The Hall–Kier alpha value is -2.12. The van der Waals surface area contributed by atoms with E-state index in [-0.39, 0.29) is 35.8 Å². The van der Waals surface area contributed by atoms with Crippen molar-refractivity contribution in [1.82, 2.24) is 9.80 Å². The molecule has 1 N–H and O–H groups in total. The van der Waals surface area contributed by atoms with Crippen LogP contribution >= 0.6 is 0 Å². The van der Waals surface area contributed by atoms with Crippen molar-refractivity contribution in [2.24, 2.45) is 11.8 Å². The van der Waals surface area contributed by atoms with Crippen LogP contribution in [0.15, 0.2) is 18.2 Å². The number of benzene rings is 1. The molecule has 1 fully saturated rings. The maximum atomic E-state index is 13.4. The first kappa shape index (κ1) is 24.5. The summed E-state index contributed by atoms with van der Waals surface area (Å²) in [6.07, 6.45) is 5.20. The minimum absolute atomic E-state index is 0.0445. The van der Waals surface area contributed by atoms with E-state index in [1.807, 2.05) is 6.07 Å². The second-order valence-corrected chi connectivity index (χ2v) is 9.57. The van der Waals surface area contributed by atoms with E-state index in [0.717, 1.165) is 32.2 Å². The summed E-state index contributed by atoms with van der Waals surface area (Å²) in [5.74, 6) is 0.760. The number of rotatable bonds is 3. The number of methoxy groups -OCH3 is 1. The first-order chi connectivity index (χ1) is 15.3. The summed E-state index contributed by atoms with van der Waals surface area (Å²) < 4.78 is 11.8. The van der Waals surface area contributed by atoms with Crippen molar-refractivity contribution < 1.29 is 19.1 Å². The number of anilines is 1. The van der Waals surface area contributed by atoms with Crippen LogP contribution < -0.4 is 10.1 Å². The number of fused-ring (bicyclic) bond motifs is 1. The fraction of sp³-hybridized carbons (Fsp3) is 0.680. The van der Waals surface area contributed by atoms with E-state index in [1.54, 1.807) is 31.2 Å². The third-order valence-electron chi connectivity index (χ3n) is 7.00. The Balaban J connectivity index is 1.86. The van der Waals surface area contributed by atoms with Crippen LogP contribution in [0.4, 0.5) is 5.69 Å². The number of carbonyl (C=O) groups is 2. The van der Waals surface area contributed by atoms with Crippen LogP contribution in [0, 0.1) is 11.8 Å². The van der Waals surface area contributed by atoms with Crippen LogP contribution in [0.25, 0.3) is 0 Å². The Labute approximate surface area is 192 Å². The molecule has 0 spiro atoms. The van der Waals surface area contributed by atoms with Gasteiger partial charge >= 0.3 is 0 Å². The van der Waals surface area contributed by atoms with E-state index in [0.29, 0.717) is 30.2 Å². The Kier molecular flexibility index (Phi) is 8.54. The molecule has 2 aliphatic rings. The van der Waals surface area contributed by atoms with E-state index in [2.05, 4.69) is 31.1 Å². The second-order valence-electron chi connectivity index (χ2n) is 9.57. The number of carbonyl (C=O) groups excluding carboxylic acids is 2. The van der Waals surface area contributed by atoms with E-state index in [9.17, 15) is 9.59 Å². The molecular weight excluding hydrogens is 406 g/mol. The molecule has 2 amide bonds. The largest absolute Gasteiger partial charge is 0.491 e. The summed E-state index contributed by atoms with van der Waals surface area (Å²) in [5.41, 5.74) is 1.10. The number of ether oxygens (including phenoxy) is 2. The monoisotopic (exact) mass is 445 g/mol. The first-order valence-corrected chi connectivity index (χ1v) is 11.9. The summed E-state index contributed by atoms with van der Waals surface area (Å²) >= 11 is 0. The van der Waals surface area contributed by atoms with Crippen molar-refractivity contribution in [2.45, 2.75) is 58.1 Å². The molecule has 0 saturated heterocycles. The molecule has 0 radical (unpaired) electrons. The lowest BCUT2D eigenvalue weighted by Gasteiger charge is -2.34. The highest BCUT2D eigenvalue weighted by Crippen LogP contribution is 2.28. The highest BCUT2D eigenvalue weighted by Gasteiger charge is 2.28. The molecule has 0 aromatic heterocycles. The average molecular weight is 446 g/mol. The highest BCUT2D eigenvalue weighted by atomic mass is 16.5. The van der Waals surface area contributed by atoms with Gasteiger partial charge in [0.1, 0.15) is 12.4 Å². The van der Waals surface area contributed by atoms with Crippen molar-refractivity contribution in [1.29, 1.82) is 0 Å². The van der Waals surface area contributed by atoms with Crippen molar-refractivity contribution in [3.63, 3.8) is 0 Å². The van der Waals surface area contributed by atoms with Crippen LogP contribution in [0.2, 0.25) is 0 Å². The molecule has 1 heterocycles. The van der Waals surface area contributed by atoms with Crippen molar-refractivity contribution in [2.75, 3.05) is 46.2 Å². The lowest BCUT2D eigenvalue weighted by Crippen LogP contribution is -2.45. The second kappa shape index (κ2) is 11.1. The summed E-state index contributed by atoms with van der Waals surface area (Å²) in [6.45, 7) is 6.07. The van der Waals surface area contributed by atoms with Gasteiger partial charge in [0.25, 0.3) is 5.91 Å². The van der Waals surface area contributed by atoms with Crippen molar-refractivity contribution in [3.05, 3.63) is 23.8 Å². The SMILES string of the molecule is CO[C@@H]1CN(C)C(=O)c2cc(NC(=O)C3CCCCC3)ccc2OC[C@@H](C)N(C)C[C@H]1C. The van der Waals surface area contributed by atoms with E-state index in [1.165, 1.54) is 6.42 Å². The molecule has 1 aliphatic heterocycles. The van der Waals surface area contributed by atoms with Gasteiger partial charge in [0, 0.05) is 44.9 Å². The predicted molar refractivity (Wildman–Crippen MR) is 126 cm³/mol. The lowest BCUT2D eigenvalue weighted by atomic mass is 9.88. The molecule has 32 heavy (non-hydrogen) atoms. The topological polar surface area (TPSA) is 71.1 Å². The zero-order valence-electron chi connectivity index (χ0n) is 20.2. The Morgan fingerprint density at radius 3 is 2.53 bits per heavy atom. The molecule has 1 aromatic rings. The van der Waals surface area contributed by atoms with Gasteiger partial charge in [0.2, 0.25) is 5.91 Å². The minimum Gasteiger partial charge on any atom is -0.491 e. The zero-order valence-corrected chi connectivity index (χ0v) is 20.2. The molecule has 178 valence electrons. The van der Waals surface area contributed by atoms with Crippen LogP contribution in [0.1, 0.15) is 56.3 Å². The van der Waals surface area contributed by atoms with Gasteiger partial charge in [-0.3, -0.25) is 14.5 Å². The summed E-state index contributed by atoms with van der Waals surface area (Å²) in [4.78, 5) is 30.0. The molecule has 1 aliphatic carbocycles. The van der Waals surface area contributed by atoms with Crippen molar-refractivity contribution >= 4 is 17.5 Å². The minimum atomic E-state index is -0.135. The van der Waals surface area contributed by atoms with Crippen LogP contribution in [0.5, 0.6) is 5.75 Å². The number of likely N-dealkylation sites (N-methyl/N-ethyl adjacent to an activating group) is 2. The van der Waals surface area contributed by atoms with Gasteiger partial charge in [-0.1, -0.05) is 26.2 Å². The summed E-state index contributed by atoms with van der Waals surface area (Å²) in [6, 6.07) is 5.56. The number of nitrogens with one attached hydrogen (secondary N) is 1. The molecule has 3 atom stereocenters. The molecule has 0 unspecified atom stereocenters. The predicted octanol–water partition coefficient (Wildman–Crippen LogP) is 3.64. The van der Waals surface area contributed by atoms with Gasteiger partial charge < -0.3 is 19.7 Å². The third-order valence-corrected chi connectivity index (χ3v) is 7.00. The maximum absolute atomic E-state index is 13.4. The molecule has 0 bridgehead atoms. The number of amides is 2. The van der Waals surface area contributed by atoms with E-state index in [4.69, 9.17) is 9.47 Å². The van der Waals surface area contributed by atoms with Crippen molar-refractivity contribution in [3.8, 4) is 5.75 Å². The first-order valence-electron chi connectivity index (χ1n) is 11.9. The molecule has 1 aromatic carbocycles. The lowest BCUT2D eigenvalue weighted by molar-refractivity contribution is -0.120. The molecule has 7 nitrogen and oxygen atoms in total. The Bertz CT molecular complexity index is 793. The highest BCUT2D eigenvalue weighted by molar-refractivity contribution is 5.99. The van der Waals surface area contributed by atoms with Gasteiger partial charge in [0.05, 0.1) is 11.7 Å². The number of nitrogens with zero attached hydrogens (tertiary/aromatic N) is 2. The smallest absolute Gasteiger partial charge is 0.257 e. The Morgan fingerprint density at radius 1 is 1.12 bits per heavy atom. The molecule has 1 saturated carbocycles. The van der Waals surface area contributed by atoms with Gasteiger partial charge in [0.15, 0.2) is 0 Å². The third kappa shape index (κ3) is 6.01. The number of hydrogen-bond acceptors (Lipinski definition) is 5. The molecule has 3 rings (SSSR count). The average Bonchev–Trinajstić information content (AvgIpc) is 2.80. The summed E-state index contributed by atoms with van der Waals surface area (Å²) in [7, 11) is 5.57. The number of hydrogen-bond donors (Lipinski definition) is 1. The van der Waals surface area contributed by atoms with E-state index < -0.39 is 0 Å². The molecule has 7 heteroatoms. The van der Waals surface area contributed by atoms with Gasteiger partial charge in [-0.05, 0) is 50.9 Å². The standard InChI is InChI=1S/C25H39N3O4/c1-17-14-27(3)18(2)16-32-22-12-11-20(26-24(29)19-9-7-6-8-10-19)13-21(22)25(30)28(4)15-23(17)31-5/h11-13,17-19,23H,6-10,14-16H2,1-5H3,(H,26,29)/t17-,18-,23-/m1/s1. The maximum Gasteiger partial charge on any atom is 0.257 e. The quantitative estimate of drug-likeness (QED) is 0.769. The fourth-order valence-electron chi connectivity index (χ4n) is 4.64. The van der Waals surface area contributed by atoms with E-state index >= 15 is 0 Å². The Morgan fingerprint density at radius 2 is 1.84 bits per heavy atom. The van der Waals surface area contributed by atoms with Crippen LogP contribution in [-0.2, 0) is 9.53 Å². The normalized spacial score (nSPS) is 26.5. The molecular formula is C25H39N3O4. The van der Waals surface area contributed by atoms with Gasteiger partial charge in [-0.25, -0.2) is 0 Å². The van der Waals surface area contributed by atoms with Gasteiger partial charge in [-0.15, -0.1) is 0 Å². The zero-order chi connectivity index (χ0) is 23.3. The fourth-order valence-corrected chi connectivity index (χ4v) is 4.64. The van der Waals surface area contributed by atoms with Crippen LogP contribution in [0.3, 0.4) is 0 Å².